The molecule has 1 atom stereocenters. The minimum absolute atomic E-state index is 0.0244. The second-order valence-corrected chi connectivity index (χ2v) is 9.37. The van der Waals surface area contributed by atoms with Crippen molar-refractivity contribution in [2.75, 3.05) is 6.61 Å². The van der Waals surface area contributed by atoms with Crippen molar-refractivity contribution in [1.82, 2.24) is 9.66 Å². The van der Waals surface area contributed by atoms with Crippen molar-refractivity contribution in [3.8, 4) is 17.1 Å². The number of aromatic nitrogens is 2. The molecule has 1 heterocycles. The Morgan fingerprint density at radius 1 is 1.20 bits per heavy atom. The Morgan fingerprint density at radius 2 is 1.93 bits per heavy atom. The molecule has 0 unspecified atom stereocenters. The number of ether oxygens (including phenoxy) is 2. The van der Waals surface area contributed by atoms with Crippen LogP contribution in [0.2, 0.25) is 0 Å². The van der Waals surface area contributed by atoms with Crippen LogP contribution in [0.5, 0.6) is 5.75 Å². The van der Waals surface area contributed by atoms with Crippen molar-refractivity contribution >= 4 is 44.7 Å². The van der Waals surface area contributed by atoms with Gasteiger partial charge in [0.15, 0.2) is 11.9 Å². The molecule has 0 bridgehead atoms. The Hall–Kier alpha value is -4.59. The van der Waals surface area contributed by atoms with Gasteiger partial charge in [0.1, 0.15) is 0 Å². The summed E-state index contributed by atoms with van der Waals surface area (Å²) in [7, 11) is 0. The standard InChI is InChI=1S/C27H20BrF3N4O6/c1-3-40-26(37)15(2)41-23-20(28)11-16(12-22(23)35(38)39)14-32-34-24(17-7-6-8-18(13-17)27(29,30)31)33-21-10-5-4-9-19(21)25(34)36/h4-15H,3H2,1-2H3/t15-/m0/s1. The van der Waals surface area contributed by atoms with Crippen LogP contribution < -0.4 is 10.3 Å². The smallest absolute Gasteiger partial charge is 0.416 e. The number of nitro groups is 1. The third-order valence-corrected chi connectivity index (χ3v) is 6.27. The van der Waals surface area contributed by atoms with Gasteiger partial charge >= 0.3 is 17.8 Å². The molecule has 0 fully saturated rings. The molecule has 0 saturated carbocycles. The molecule has 0 amide bonds. The number of carbonyl (C=O) groups excluding carboxylic acids is 1. The van der Waals surface area contributed by atoms with Gasteiger partial charge < -0.3 is 9.47 Å². The van der Waals surface area contributed by atoms with E-state index in [2.05, 4.69) is 26.0 Å². The molecule has 0 aliphatic rings. The van der Waals surface area contributed by atoms with Crippen molar-refractivity contribution in [2.45, 2.75) is 26.1 Å². The molecule has 4 aromatic rings. The van der Waals surface area contributed by atoms with Crippen LogP contribution in [0.4, 0.5) is 18.9 Å². The van der Waals surface area contributed by atoms with E-state index in [4.69, 9.17) is 9.47 Å². The summed E-state index contributed by atoms with van der Waals surface area (Å²) in [5, 5.41) is 16.1. The van der Waals surface area contributed by atoms with Crippen LogP contribution in [-0.4, -0.2) is 39.5 Å². The summed E-state index contributed by atoms with van der Waals surface area (Å²) in [6, 6.07) is 13.0. The molecule has 212 valence electrons. The molecule has 14 heteroatoms. The van der Waals surface area contributed by atoms with Gasteiger partial charge in [0.2, 0.25) is 5.75 Å². The highest BCUT2D eigenvalue weighted by Crippen LogP contribution is 2.37. The van der Waals surface area contributed by atoms with Crippen LogP contribution in [0.3, 0.4) is 0 Å². The average Bonchev–Trinajstić information content (AvgIpc) is 2.93. The van der Waals surface area contributed by atoms with Crippen molar-refractivity contribution in [2.24, 2.45) is 5.10 Å². The first-order valence-electron chi connectivity index (χ1n) is 12.0. The number of nitrogens with zero attached hydrogens (tertiary/aromatic N) is 4. The summed E-state index contributed by atoms with van der Waals surface area (Å²) in [6.45, 7) is 3.07. The van der Waals surface area contributed by atoms with E-state index in [1.807, 2.05) is 0 Å². The number of alkyl halides is 3. The molecule has 41 heavy (non-hydrogen) atoms. The number of benzene rings is 3. The lowest BCUT2D eigenvalue weighted by molar-refractivity contribution is -0.386. The fourth-order valence-corrected chi connectivity index (χ4v) is 4.35. The minimum atomic E-state index is -4.64. The van der Waals surface area contributed by atoms with Gasteiger partial charge in [0.25, 0.3) is 5.56 Å². The van der Waals surface area contributed by atoms with Gasteiger partial charge in [-0.2, -0.15) is 22.9 Å². The molecule has 0 aliphatic carbocycles. The van der Waals surface area contributed by atoms with Crippen LogP contribution in [0.15, 0.2) is 75.0 Å². The van der Waals surface area contributed by atoms with Crippen LogP contribution in [0, 0.1) is 10.1 Å². The van der Waals surface area contributed by atoms with E-state index in [9.17, 15) is 32.9 Å². The molecule has 1 aromatic heterocycles. The largest absolute Gasteiger partial charge is 0.471 e. The quantitative estimate of drug-likeness (QED) is 0.101. The predicted octanol–water partition coefficient (Wildman–Crippen LogP) is 5.97. The molecule has 10 nitrogen and oxygen atoms in total. The maximum Gasteiger partial charge on any atom is 0.416 e. The van der Waals surface area contributed by atoms with E-state index >= 15 is 0 Å². The molecule has 0 saturated heterocycles. The Kier molecular flexibility index (Phi) is 8.52. The third kappa shape index (κ3) is 6.43. The van der Waals surface area contributed by atoms with Crippen LogP contribution in [0.25, 0.3) is 22.3 Å². The molecular weight excluding hydrogens is 613 g/mol. The fraction of sp³-hybridized carbons (Fsp3) is 0.185. The second-order valence-electron chi connectivity index (χ2n) is 8.51. The third-order valence-electron chi connectivity index (χ3n) is 5.68. The molecule has 0 aliphatic heterocycles. The van der Waals surface area contributed by atoms with Gasteiger partial charge in [0, 0.05) is 17.2 Å². The van der Waals surface area contributed by atoms with E-state index in [1.165, 1.54) is 31.2 Å². The monoisotopic (exact) mass is 632 g/mol. The van der Waals surface area contributed by atoms with Crippen molar-refractivity contribution < 1.29 is 32.4 Å². The van der Waals surface area contributed by atoms with E-state index in [0.717, 1.165) is 29.1 Å². The van der Waals surface area contributed by atoms with Gasteiger partial charge in [0.05, 0.1) is 38.7 Å². The Bertz CT molecular complexity index is 1740. The van der Waals surface area contributed by atoms with Crippen molar-refractivity contribution in [3.05, 3.63) is 96.7 Å². The number of hydrogen-bond acceptors (Lipinski definition) is 8. The fourth-order valence-electron chi connectivity index (χ4n) is 3.79. The average molecular weight is 633 g/mol. The molecule has 0 spiro atoms. The predicted molar refractivity (Wildman–Crippen MR) is 147 cm³/mol. The summed E-state index contributed by atoms with van der Waals surface area (Å²) in [4.78, 5) is 40.8. The summed E-state index contributed by atoms with van der Waals surface area (Å²) < 4.78 is 51.5. The zero-order valence-electron chi connectivity index (χ0n) is 21.4. The lowest BCUT2D eigenvalue weighted by Crippen LogP contribution is -2.26. The first-order chi connectivity index (χ1) is 19.4. The highest BCUT2D eigenvalue weighted by molar-refractivity contribution is 9.10. The second kappa shape index (κ2) is 11.9. The van der Waals surface area contributed by atoms with Gasteiger partial charge in [-0.1, -0.05) is 24.3 Å². The maximum absolute atomic E-state index is 13.4. The number of esters is 1. The summed E-state index contributed by atoms with van der Waals surface area (Å²) in [5.41, 5.74) is -1.78. The maximum atomic E-state index is 13.4. The minimum Gasteiger partial charge on any atom is -0.471 e. The number of para-hydroxylation sites is 1. The zero-order chi connectivity index (χ0) is 29.9. The summed E-state index contributed by atoms with van der Waals surface area (Å²) >= 11 is 3.20. The number of rotatable bonds is 8. The topological polar surface area (TPSA) is 126 Å². The van der Waals surface area contributed by atoms with Crippen molar-refractivity contribution in [1.29, 1.82) is 0 Å². The van der Waals surface area contributed by atoms with E-state index < -0.39 is 40.0 Å². The van der Waals surface area contributed by atoms with Gasteiger partial charge in [-0.3, -0.25) is 14.9 Å². The highest BCUT2D eigenvalue weighted by Gasteiger charge is 2.31. The summed E-state index contributed by atoms with van der Waals surface area (Å²) in [6.07, 6.45) is -4.67. The molecule has 0 N–H and O–H groups in total. The first kappa shape index (κ1) is 29.4. The van der Waals surface area contributed by atoms with E-state index in [0.29, 0.717) is 0 Å². The van der Waals surface area contributed by atoms with E-state index in [1.54, 1.807) is 25.1 Å². The lowest BCUT2D eigenvalue weighted by atomic mass is 10.1. The Labute approximate surface area is 238 Å². The number of fused-ring (bicyclic) bond motifs is 1. The Balaban J connectivity index is 1.83. The van der Waals surface area contributed by atoms with Gasteiger partial charge in [-0.25, -0.2) is 9.78 Å². The zero-order valence-corrected chi connectivity index (χ0v) is 23.0. The molecule has 4 rings (SSSR count). The van der Waals surface area contributed by atoms with Gasteiger partial charge in [-0.05, 0) is 60.1 Å². The van der Waals surface area contributed by atoms with Crippen LogP contribution in [-0.2, 0) is 15.7 Å². The highest BCUT2D eigenvalue weighted by atomic mass is 79.9. The number of halogens is 4. The normalized spacial score (nSPS) is 12.4. The van der Waals surface area contributed by atoms with Crippen LogP contribution in [0.1, 0.15) is 25.0 Å². The van der Waals surface area contributed by atoms with Gasteiger partial charge in [-0.15, -0.1) is 0 Å². The first-order valence-corrected chi connectivity index (χ1v) is 12.7. The molecule has 3 aromatic carbocycles. The summed E-state index contributed by atoms with van der Waals surface area (Å²) in [5.74, 6) is -1.13. The SMILES string of the molecule is CCOC(=O)[C@H](C)Oc1c(Br)cc(C=Nn2c(-c3cccc(C(F)(F)F)c3)nc3ccccc3c2=O)cc1[N+](=O)[O-]. The number of hydrogen-bond donors (Lipinski definition) is 0. The van der Waals surface area contributed by atoms with Crippen molar-refractivity contribution in [3.63, 3.8) is 0 Å². The number of nitro benzene ring substituents is 1. The molecular formula is C27H20BrF3N4O6. The van der Waals surface area contributed by atoms with E-state index in [-0.39, 0.29) is 44.7 Å². The molecule has 0 radical (unpaired) electrons. The lowest BCUT2D eigenvalue weighted by Gasteiger charge is -2.15. The Morgan fingerprint density at radius 3 is 2.61 bits per heavy atom. The van der Waals surface area contributed by atoms with Crippen LogP contribution >= 0.6 is 15.9 Å². The number of carbonyl (C=O) groups is 1.